The van der Waals surface area contributed by atoms with Gasteiger partial charge in [0.25, 0.3) is 12.3 Å². The van der Waals surface area contributed by atoms with Crippen molar-refractivity contribution in [1.82, 2.24) is 36.4 Å². The molecule has 6 N–H and O–H groups in total. The molecule has 0 spiro atoms. The van der Waals surface area contributed by atoms with E-state index in [-0.39, 0.29) is 41.8 Å². The maximum atomic E-state index is 13.9. The van der Waals surface area contributed by atoms with Crippen molar-refractivity contribution >= 4 is 35.4 Å². The summed E-state index contributed by atoms with van der Waals surface area (Å²) in [4.78, 5) is 68.7. The van der Waals surface area contributed by atoms with E-state index in [2.05, 4.69) is 41.8 Å². The fraction of sp³-hybridized carbons (Fsp3) is 0.432. The number of alkyl carbamates (subject to hydrolysis) is 1. The molecule has 1 aliphatic carbocycles. The van der Waals surface area contributed by atoms with Crippen LogP contribution in [0.4, 0.5) is 19.3 Å². The lowest BCUT2D eigenvalue weighted by Crippen LogP contribution is -2.50. The highest BCUT2D eigenvalue weighted by Gasteiger charge is 2.31. The van der Waals surface area contributed by atoms with Crippen LogP contribution in [0.25, 0.3) is 22.5 Å². The monoisotopic (exact) mass is 826 g/mol. The topological polar surface area (TPSA) is 196 Å². The lowest BCUT2D eigenvalue weighted by Gasteiger charge is -2.29. The number of aryl methyl sites for hydroxylation is 1. The molecule has 0 unspecified atom stereocenters. The second-order valence-corrected chi connectivity index (χ2v) is 16.5. The van der Waals surface area contributed by atoms with Gasteiger partial charge < -0.3 is 31.3 Å². The van der Waals surface area contributed by atoms with Gasteiger partial charge >= 0.3 is 6.09 Å². The number of carbonyl (C=O) groups is 5. The number of piperidine rings is 1. The van der Waals surface area contributed by atoms with Crippen molar-refractivity contribution in [3.8, 4) is 22.5 Å². The molecule has 4 aromatic rings. The number of alkyl halides is 2. The Bertz CT molecular complexity index is 2160. The normalized spacial score (nSPS) is 18.5. The molecule has 6 rings (SSSR count). The molecule has 1 saturated carbocycles. The number of benzene rings is 3. The number of hydrogen-bond donors (Lipinski definition) is 6. The maximum Gasteiger partial charge on any atom is 0.407 e. The number of halogens is 2. The predicted molar refractivity (Wildman–Crippen MR) is 221 cm³/mol. The van der Waals surface area contributed by atoms with Crippen molar-refractivity contribution < 1.29 is 37.5 Å². The SMILES string of the molecule is Cc1cc(C(=O)N[C@@H]2CCCNC2=O)ccc1-c1ccc(C[C@H](NC(=O)[C@H]2CC[C@H](CNC(=O)OC(C)(C)C)CC2)C(=O)Nc2ccc(-c3nc(C(F)F)n[nH]3)cc2)cc1. The first kappa shape index (κ1) is 43.4. The predicted octanol–water partition coefficient (Wildman–Crippen LogP) is 6.39. The van der Waals surface area contributed by atoms with Gasteiger partial charge in [-0.25, -0.2) is 18.6 Å². The Morgan fingerprint density at radius 2 is 1.62 bits per heavy atom. The van der Waals surface area contributed by atoms with E-state index < -0.39 is 41.9 Å². The first-order valence-electron chi connectivity index (χ1n) is 20.3. The van der Waals surface area contributed by atoms with E-state index in [1.165, 1.54) is 0 Å². The van der Waals surface area contributed by atoms with Gasteiger partial charge in [-0.05, 0) is 131 Å². The van der Waals surface area contributed by atoms with Gasteiger partial charge in [0.1, 0.15) is 17.7 Å². The van der Waals surface area contributed by atoms with Crippen LogP contribution in [0.3, 0.4) is 0 Å². The lowest BCUT2D eigenvalue weighted by molar-refractivity contribution is -0.130. The minimum atomic E-state index is -2.82. The molecular weight excluding hydrogens is 775 g/mol. The van der Waals surface area contributed by atoms with Crippen LogP contribution in [-0.2, 0) is 25.5 Å². The van der Waals surface area contributed by atoms with Crippen molar-refractivity contribution in [1.29, 1.82) is 0 Å². The second-order valence-electron chi connectivity index (χ2n) is 16.5. The zero-order valence-corrected chi connectivity index (χ0v) is 34.2. The molecule has 14 nitrogen and oxygen atoms in total. The van der Waals surface area contributed by atoms with Crippen LogP contribution in [0.5, 0.6) is 0 Å². The molecule has 1 saturated heterocycles. The van der Waals surface area contributed by atoms with Crippen LogP contribution < -0.4 is 26.6 Å². The minimum Gasteiger partial charge on any atom is -0.444 e. The van der Waals surface area contributed by atoms with E-state index >= 15 is 0 Å². The molecule has 2 heterocycles. The highest BCUT2D eigenvalue weighted by Crippen LogP contribution is 2.30. The summed E-state index contributed by atoms with van der Waals surface area (Å²) < 4.78 is 31.4. The summed E-state index contributed by atoms with van der Waals surface area (Å²) in [5.41, 5.74) is 4.25. The summed E-state index contributed by atoms with van der Waals surface area (Å²) in [6, 6.07) is 18.0. The van der Waals surface area contributed by atoms with Gasteiger partial charge in [0, 0.05) is 42.2 Å². The van der Waals surface area contributed by atoms with Crippen molar-refractivity contribution in [3.05, 3.63) is 89.2 Å². The Labute approximate surface area is 347 Å². The van der Waals surface area contributed by atoms with Crippen molar-refractivity contribution in [2.45, 2.75) is 96.8 Å². The summed E-state index contributed by atoms with van der Waals surface area (Å²) in [6.07, 6.45) is 0.943. The standard InChI is InChI=1S/C44H52F2N8O6/c1-25-22-31(40(56)50-34-6-5-21-47-41(34)57)17-20-33(25)28-11-7-26(8-12-28)23-35(42(58)49-32-18-15-29(16-19-32)37-52-38(36(45)46)54-53-37)51-39(55)30-13-9-27(10-14-30)24-48-43(59)60-44(2,3)4/h7-8,11-12,15-20,22,27,30,34-36H,5-6,9-10,13-14,21,23-24H2,1-4H3,(H,47,57)(H,48,59)(H,49,58)(H,50,56)(H,51,55)(H,52,53,54)/t27-,30-,34-,35+/m1/s1. The van der Waals surface area contributed by atoms with Crippen LogP contribution in [0.1, 0.15) is 93.0 Å². The number of amides is 5. The summed E-state index contributed by atoms with van der Waals surface area (Å²) in [5.74, 6) is -1.73. The van der Waals surface area contributed by atoms with Crippen molar-refractivity contribution in [2.75, 3.05) is 18.4 Å². The lowest BCUT2D eigenvalue weighted by atomic mass is 9.81. The Morgan fingerprint density at radius 3 is 2.25 bits per heavy atom. The third-order valence-electron chi connectivity index (χ3n) is 10.7. The van der Waals surface area contributed by atoms with Gasteiger partial charge in [0.15, 0.2) is 5.82 Å². The smallest absolute Gasteiger partial charge is 0.407 e. The molecular formula is C44H52F2N8O6. The highest BCUT2D eigenvalue weighted by atomic mass is 19.3. The van der Waals surface area contributed by atoms with Crippen molar-refractivity contribution in [2.24, 2.45) is 11.8 Å². The average Bonchev–Trinajstić information content (AvgIpc) is 3.72. The van der Waals surface area contributed by atoms with E-state index in [0.29, 0.717) is 49.2 Å². The number of nitrogens with one attached hydrogen (secondary N) is 6. The Morgan fingerprint density at radius 1 is 0.917 bits per heavy atom. The fourth-order valence-electron chi connectivity index (χ4n) is 7.45. The Hall–Kier alpha value is -6.19. The van der Waals surface area contributed by atoms with Gasteiger partial charge in [-0.3, -0.25) is 24.3 Å². The van der Waals surface area contributed by atoms with Crippen LogP contribution >= 0.6 is 0 Å². The largest absolute Gasteiger partial charge is 0.444 e. The highest BCUT2D eigenvalue weighted by molar-refractivity contribution is 5.99. The molecule has 60 heavy (non-hydrogen) atoms. The van der Waals surface area contributed by atoms with E-state index in [4.69, 9.17) is 4.74 Å². The minimum absolute atomic E-state index is 0.161. The molecule has 0 radical (unpaired) electrons. The number of anilines is 1. The molecule has 3 aromatic carbocycles. The number of nitrogens with zero attached hydrogens (tertiary/aromatic N) is 2. The number of rotatable bonds is 13. The molecule has 1 aliphatic heterocycles. The summed E-state index contributed by atoms with van der Waals surface area (Å²) >= 11 is 0. The summed E-state index contributed by atoms with van der Waals surface area (Å²) in [5, 5.41) is 20.3. The number of H-pyrrole nitrogens is 1. The van der Waals surface area contributed by atoms with E-state index in [1.54, 1.807) is 57.2 Å². The van der Waals surface area contributed by atoms with Crippen LogP contribution in [0.15, 0.2) is 66.7 Å². The van der Waals surface area contributed by atoms with Crippen LogP contribution in [0, 0.1) is 18.8 Å². The van der Waals surface area contributed by atoms with E-state index in [9.17, 15) is 32.8 Å². The molecule has 0 bridgehead atoms. The second kappa shape index (κ2) is 19.3. The van der Waals surface area contributed by atoms with Crippen LogP contribution in [0.2, 0.25) is 0 Å². The maximum absolute atomic E-state index is 13.9. The Balaban J connectivity index is 1.12. The first-order chi connectivity index (χ1) is 28.6. The van der Waals surface area contributed by atoms with Gasteiger partial charge in [-0.1, -0.05) is 30.3 Å². The molecule has 1 aromatic heterocycles. The zero-order chi connectivity index (χ0) is 43.0. The summed E-state index contributed by atoms with van der Waals surface area (Å²) in [7, 11) is 0. The number of aromatic amines is 1. The van der Waals surface area contributed by atoms with Gasteiger partial charge in [-0.2, -0.15) is 5.10 Å². The van der Waals surface area contributed by atoms with E-state index in [0.717, 1.165) is 41.5 Å². The molecule has 318 valence electrons. The molecule has 16 heteroatoms. The third kappa shape index (κ3) is 11.7. The summed E-state index contributed by atoms with van der Waals surface area (Å²) in [6.45, 7) is 8.38. The number of aromatic nitrogens is 3. The van der Waals surface area contributed by atoms with Gasteiger partial charge in [-0.15, -0.1) is 0 Å². The number of hydrogen-bond acceptors (Lipinski definition) is 8. The quantitative estimate of drug-likeness (QED) is 0.0892. The Kier molecular flexibility index (Phi) is 13.9. The fourth-order valence-corrected chi connectivity index (χ4v) is 7.45. The molecule has 2 fully saturated rings. The molecule has 2 aliphatic rings. The van der Waals surface area contributed by atoms with Crippen LogP contribution in [-0.4, -0.2) is 75.7 Å². The first-order valence-corrected chi connectivity index (χ1v) is 20.3. The van der Waals surface area contributed by atoms with Gasteiger partial charge in [0.2, 0.25) is 23.5 Å². The zero-order valence-electron chi connectivity index (χ0n) is 34.2. The average molecular weight is 827 g/mol. The van der Waals surface area contributed by atoms with Gasteiger partial charge in [0.05, 0.1) is 0 Å². The van der Waals surface area contributed by atoms with E-state index in [1.807, 2.05) is 37.3 Å². The third-order valence-corrected chi connectivity index (χ3v) is 10.7. The molecule has 5 amide bonds. The van der Waals surface area contributed by atoms with Crippen molar-refractivity contribution in [3.63, 3.8) is 0 Å². The molecule has 2 atom stereocenters. The number of carbonyl (C=O) groups excluding carboxylic acids is 5. The number of ether oxygens (including phenoxy) is 1.